The second-order valence-electron chi connectivity index (χ2n) is 6.24. The van der Waals surface area contributed by atoms with Crippen molar-refractivity contribution in [3.8, 4) is 11.1 Å². The molecule has 0 spiro atoms. The fraction of sp³-hybridized carbons (Fsp3) is 0.143. The van der Waals surface area contributed by atoms with Gasteiger partial charge in [-0.2, -0.15) is 0 Å². The normalized spacial score (nSPS) is 11.0. The Labute approximate surface area is 150 Å². The average Bonchev–Trinajstić information content (AvgIpc) is 3.00. The lowest BCUT2D eigenvalue weighted by molar-refractivity contribution is 0.561. The van der Waals surface area contributed by atoms with E-state index in [1.807, 2.05) is 44.2 Å². The minimum atomic E-state index is -0.220. The van der Waals surface area contributed by atoms with Gasteiger partial charge in [-0.1, -0.05) is 18.2 Å². The van der Waals surface area contributed by atoms with E-state index in [0.29, 0.717) is 23.8 Å². The predicted octanol–water partition coefficient (Wildman–Crippen LogP) is 5.26. The highest BCUT2D eigenvalue weighted by Crippen LogP contribution is 2.28. The van der Waals surface area contributed by atoms with Crippen LogP contribution in [0.15, 0.2) is 59.1 Å². The summed E-state index contributed by atoms with van der Waals surface area (Å²) in [4.78, 5) is 8.81. The number of fused-ring (bicyclic) bond motifs is 1. The zero-order valence-corrected chi connectivity index (χ0v) is 14.6. The van der Waals surface area contributed by atoms with E-state index in [0.717, 1.165) is 27.8 Å². The van der Waals surface area contributed by atoms with Crippen LogP contribution < -0.4 is 5.32 Å². The number of nitrogens with zero attached hydrogens (tertiary/aromatic N) is 2. The number of halogens is 1. The Bertz CT molecular complexity index is 1070. The van der Waals surface area contributed by atoms with Gasteiger partial charge in [0.2, 0.25) is 0 Å². The molecule has 2 heterocycles. The first-order chi connectivity index (χ1) is 12.6. The Morgan fingerprint density at radius 1 is 1.08 bits per heavy atom. The van der Waals surface area contributed by atoms with E-state index in [1.165, 1.54) is 6.07 Å². The van der Waals surface area contributed by atoms with E-state index in [-0.39, 0.29) is 5.82 Å². The van der Waals surface area contributed by atoms with Crippen LogP contribution in [0, 0.1) is 19.7 Å². The maximum Gasteiger partial charge on any atom is 0.192 e. The Balaban J connectivity index is 1.56. The van der Waals surface area contributed by atoms with Crippen molar-refractivity contribution in [2.45, 2.75) is 20.4 Å². The number of anilines is 1. The highest BCUT2D eigenvalue weighted by Gasteiger charge is 2.09. The fourth-order valence-electron chi connectivity index (χ4n) is 2.99. The van der Waals surface area contributed by atoms with Crippen LogP contribution in [-0.4, -0.2) is 9.97 Å². The van der Waals surface area contributed by atoms with Crippen molar-refractivity contribution in [1.82, 2.24) is 9.97 Å². The van der Waals surface area contributed by atoms with Crippen LogP contribution in [0.25, 0.3) is 22.2 Å². The highest BCUT2D eigenvalue weighted by atomic mass is 19.1. The Hall–Kier alpha value is -3.21. The fourth-order valence-corrected chi connectivity index (χ4v) is 2.99. The Kier molecular flexibility index (Phi) is 4.13. The molecule has 2 aromatic carbocycles. The van der Waals surface area contributed by atoms with Crippen LogP contribution >= 0.6 is 0 Å². The summed E-state index contributed by atoms with van der Waals surface area (Å²) in [6, 6.07) is 14.6. The molecule has 4 nitrogen and oxygen atoms in total. The molecule has 4 rings (SSSR count). The molecule has 0 saturated carbocycles. The second-order valence-corrected chi connectivity index (χ2v) is 6.24. The van der Waals surface area contributed by atoms with Crippen molar-refractivity contribution < 1.29 is 8.81 Å². The molecule has 0 amide bonds. The molecule has 130 valence electrons. The number of nitrogens with one attached hydrogen (secondary N) is 1. The predicted molar refractivity (Wildman–Crippen MR) is 100 cm³/mol. The van der Waals surface area contributed by atoms with Crippen LogP contribution in [0.4, 0.5) is 10.2 Å². The topological polar surface area (TPSA) is 51.0 Å². The maximum atomic E-state index is 13.7. The molecule has 0 aliphatic heterocycles. The van der Waals surface area contributed by atoms with E-state index in [1.54, 1.807) is 18.3 Å². The number of benzene rings is 2. The van der Waals surface area contributed by atoms with Gasteiger partial charge in [0.05, 0.1) is 0 Å². The quantitative estimate of drug-likeness (QED) is 0.547. The van der Waals surface area contributed by atoms with E-state index in [2.05, 4.69) is 15.3 Å². The monoisotopic (exact) mass is 347 g/mol. The summed E-state index contributed by atoms with van der Waals surface area (Å²) in [5.41, 5.74) is 5.40. The van der Waals surface area contributed by atoms with E-state index < -0.39 is 0 Å². The summed E-state index contributed by atoms with van der Waals surface area (Å²) >= 11 is 0. The summed E-state index contributed by atoms with van der Waals surface area (Å²) in [6.07, 6.45) is 1.81. The van der Waals surface area contributed by atoms with Crippen molar-refractivity contribution in [2.24, 2.45) is 0 Å². The van der Waals surface area contributed by atoms with Crippen molar-refractivity contribution in [3.05, 3.63) is 77.6 Å². The SMILES string of the molecule is Cc1nc2cc(C)c(-c3ccc(NCc4ccccc4F)nc3)cc2o1. The number of aryl methyl sites for hydroxylation is 2. The lowest BCUT2D eigenvalue weighted by Gasteiger charge is -2.09. The van der Waals surface area contributed by atoms with Gasteiger partial charge in [0.25, 0.3) is 0 Å². The summed E-state index contributed by atoms with van der Waals surface area (Å²) in [5.74, 6) is 1.14. The number of hydrogen-bond acceptors (Lipinski definition) is 4. The molecule has 0 aliphatic rings. The molecule has 1 N–H and O–H groups in total. The molecule has 0 radical (unpaired) electrons. The molecule has 26 heavy (non-hydrogen) atoms. The largest absolute Gasteiger partial charge is 0.441 e. The summed E-state index contributed by atoms with van der Waals surface area (Å²) < 4.78 is 19.3. The van der Waals surface area contributed by atoms with Crippen molar-refractivity contribution in [3.63, 3.8) is 0 Å². The van der Waals surface area contributed by atoms with Crippen LogP contribution in [0.5, 0.6) is 0 Å². The minimum absolute atomic E-state index is 0.220. The number of oxazole rings is 1. The molecule has 4 aromatic rings. The van der Waals surface area contributed by atoms with Crippen molar-refractivity contribution in [1.29, 1.82) is 0 Å². The van der Waals surface area contributed by atoms with Crippen molar-refractivity contribution in [2.75, 3.05) is 5.32 Å². The van der Waals surface area contributed by atoms with Crippen molar-refractivity contribution >= 4 is 16.9 Å². The molecule has 5 heteroatoms. The molecule has 0 bridgehead atoms. The number of aromatic nitrogens is 2. The van der Waals surface area contributed by atoms with Gasteiger partial charge in [0, 0.05) is 30.8 Å². The molecule has 0 unspecified atom stereocenters. The third kappa shape index (κ3) is 3.16. The van der Waals surface area contributed by atoms with E-state index in [9.17, 15) is 4.39 Å². The lowest BCUT2D eigenvalue weighted by Crippen LogP contribution is -2.03. The smallest absolute Gasteiger partial charge is 0.192 e. The first kappa shape index (κ1) is 16.3. The van der Waals surface area contributed by atoms with E-state index in [4.69, 9.17) is 4.42 Å². The number of rotatable bonds is 4. The van der Waals surface area contributed by atoms with Gasteiger partial charge in [0.15, 0.2) is 11.5 Å². The summed E-state index contributed by atoms with van der Waals surface area (Å²) in [6.45, 7) is 4.27. The molecule has 2 aromatic heterocycles. The lowest BCUT2D eigenvalue weighted by atomic mass is 10.0. The molecule has 0 saturated heterocycles. The number of pyridine rings is 1. The first-order valence-corrected chi connectivity index (χ1v) is 8.41. The van der Waals surface area contributed by atoms with E-state index >= 15 is 0 Å². The zero-order chi connectivity index (χ0) is 18.1. The van der Waals surface area contributed by atoms with Crippen LogP contribution in [0.2, 0.25) is 0 Å². The number of hydrogen-bond donors (Lipinski definition) is 1. The molecule has 0 atom stereocenters. The molecular formula is C21H18FN3O. The van der Waals surface area contributed by atoms with Crippen LogP contribution in [0.1, 0.15) is 17.0 Å². The average molecular weight is 347 g/mol. The summed E-state index contributed by atoms with van der Waals surface area (Å²) in [7, 11) is 0. The molecular weight excluding hydrogens is 329 g/mol. The standard InChI is InChI=1S/C21H18FN3O/c1-13-9-19-20(26-14(2)25-19)10-17(13)15-7-8-21(23-11-15)24-12-16-5-3-4-6-18(16)22/h3-11H,12H2,1-2H3,(H,23,24). The second kappa shape index (κ2) is 6.59. The van der Waals surface area contributed by atoms with Gasteiger partial charge < -0.3 is 9.73 Å². The van der Waals surface area contributed by atoms with Gasteiger partial charge in [-0.15, -0.1) is 0 Å². The molecule has 0 aliphatic carbocycles. The summed E-state index contributed by atoms with van der Waals surface area (Å²) in [5, 5.41) is 3.15. The van der Waals surface area contributed by atoms with Crippen LogP contribution in [-0.2, 0) is 6.54 Å². The van der Waals surface area contributed by atoms with Gasteiger partial charge in [0.1, 0.15) is 17.2 Å². The third-order valence-corrected chi connectivity index (χ3v) is 4.33. The van der Waals surface area contributed by atoms with Crippen LogP contribution in [0.3, 0.4) is 0 Å². The minimum Gasteiger partial charge on any atom is -0.441 e. The highest BCUT2D eigenvalue weighted by molar-refractivity contribution is 5.82. The first-order valence-electron chi connectivity index (χ1n) is 8.41. The molecule has 0 fully saturated rings. The zero-order valence-electron chi connectivity index (χ0n) is 14.6. The third-order valence-electron chi connectivity index (χ3n) is 4.33. The van der Waals surface area contributed by atoms with Gasteiger partial charge in [-0.3, -0.25) is 0 Å². The Morgan fingerprint density at radius 3 is 2.69 bits per heavy atom. The maximum absolute atomic E-state index is 13.7. The van der Waals surface area contributed by atoms with Gasteiger partial charge in [-0.25, -0.2) is 14.4 Å². The van der Waals surface area contributed by atoms with Gasteiger partial charge in [-0.05, 0) is 48.4 Å². The van der Waals surface area contributed by atoms with Gasteiger partial charge >= 0.3 is 0 Å². The Morgan fingerprint density at radius 2 is 1.92 bits per heavy atom.